The van der Waals surface area contributed by atoms with Crippen molar-refractivity contribution in [2.45, 2.75) is 39.0 Å². The zero-order chi connectivity index (χ0) is 9.10. The summed E-state index contributed by atoms with van der Waals surface area (Å²) in [5, 5.41) is 0. The molecule has 0 spiro atoms. The average molecular weight is 176 g/mol. The Kier molecular flexibility index (Phi) is 1.24. The van der Waals surface area contributed by atoms with Crippen LogP contribution in [0.15, 0.2) is 12.2 Å². The molecule has 2 saturated carbocycles. The van der Waals surface area contributed by atoms with Crippen LogP contribution in [-0.4, -0.2) is 5.78 Å². The van der Waals surface area contributed by atoms with Crippen molar-refractivity contribution in [3.8, 4) is 0 Å². The minimum Gasteiger partial charge on any atom is -0.299 e. The molecule has 3 atom stereocenters. The zero-order valence-corrected chi connectivity index (χ0v) is 8.18. The Morgan fingerprint density at radius 3 is 2.85 bits per heavy atom. The molecule has 3 rings (SSSR count). The SMILES string of the molecule is C[C@@H]1CC[C@]23C=C[C@]12CCCC3=O. The van der Waals surface area contributed by atoms with E-state index in [-0.39, 0.29) is 5.41 Å². The predicted octanol–water partition coefficient (Wildman–Crippen LogP) is 2.71. The van der Waals surface area contributed by atoms with Crippen molar-refractivity contribution >= 4 is 5.78 Å². The van der Waals surface area contributed by atoms with Gasteiger partial charge in [-0.25, -0.2) is 0 Å². The van der Waals surface area contributed by atoms with E-state index in [0.717, 1.165) is 25.2 Å². The second kappa shape index (κ2) is 2.08. The number of hydrogen-bond acceptors (Lipinski definition) is 1. The van der Waals surface area contributed by atoms with Gasteiger partial charge in [-0.3, -0.25) is 4.79 Å². The maximum atomic E-state index is 11.9. The first kappa shape index (κ1) is 7.78. The van der Waals surface area contributed by atoms with Gasteiger partial charge in [0.05, 0.1) is 5.41 Å². The minimum atomic E-state index is 0.0185. The lowest BCUT2D eigenvalue weighted by Crippen LogP contribution is -2.52. The molecule has 2 fully saturated rings. The smallest absolute Gasteiger partial charge is 0.143 e. The van der Waals surface area contributed by atoms with Crippen LogP contribution in [0.25, 0.3) is 0 Å². The van der Waals surface area contributed by atoms with E-state index >= 15 is 0 Å². The highest BCUT2D eigenvalue weighted by atomic mass is 16.1. The number of hydrogen-bond donors (Lipinski definition) is 0. The number of rotatable bonds is 0. The summed E-state index contributed by atoms with van der Waals surface area (Å²) in [5.41, 5.74) is 0.326. The van der Waals surface area contributed by atoms with Gasteiger partial charge in [-0.15, -0.1) is 0 Å². The van der Waals surface area contributed by atoms with Gasteiger partial charge in [0, 0.05) is 11.8 Å². The highest BCUT2D eigenvalue weighted by Gasteiger charge is 2.65. The first-order valence-corrected chi connectivity index (χ1v) is 5.45. The fourth-order valence-electron chi connectivity index (χ4n) is 3.93. The predicted molar refractivity (Wildman–Crippen MR) is 51.3 cm³/mol. The van der Waals surface area contributed by atoms with Crippen LogP contribution in [-0.2, 0) is 4.79 Å². The molecular formula is C12H16O. The van der Waals surface area contributed by atoms with Crippen LogP contribution in [0, 0.1) is 16.7 Å². The van der Waals surface area contributed by atoms with Gasteiger partial charge in [-0.1, -0.05) is 19.1 Å². The van der Waals surface area contributed by atoms with Gasteiger partial charge in [-0.05, 0) is 31.6 Å². The van der Waals surface area contributed by atoms with Crippen LogP contribution in [0.5, 0.6) is 0 Å². The van der Waals surface area contributed by atoms with Gasteiger partial charge in [0.2, 0.25) is 0 Å². The highest BCUT2D eigenvalue weighted by Crippen LogP contribution is 2.68. The summed E-state index contributed by atoms with van der Waals surface area (Å²) in [5.74, 6) is 1.27. The van der Waals surface area contributed by atoms with Gasteiger partial charge in [-0.2, -0.15) is 0 Å². The molecule has 0 bridgehead atoms. The molecule has 0 radical (unpaired) electrons. The lowest BCUT2D eigenvalue weighted by atomic mass is 9.48. The number of carbonyl (C=O) groups is 1. The molecule has 3 aliphatic carbocycles. The molecule has 1 nitrogen and oxygen atoms in total. The Bertz CT molecular complexity index is 304. The van der Waals surface area contributed by atoms with E-state index in [4.69, 9.17) is 0 Å². The largest absolute Gasteiger partial charge is 0.299 e. The van der Waals surface area contributed by atoms with Crippen LogP contribution >= 0.6 is 0 Å². The summed E-state index contributed by atoms with van der Waals surface area (Å²) in [7, 11) is 0. The monoisotopic (exact) mass is 176 g/mol. The van der Waals surface area contributed by atoms with Gasteiger partial charge >= 0.3 is 0 Å². The van der Waals surface area contributed by atoms with E-state index in [2.05, 4.69) is 19.1 Å². The summed E-state index contributed by atoms with van der Waals surface area (Å²) in [4.78, 5) is 11.9. The number of Topliss-reactive ketones (excluding diaryl/α,β-unsaturated/α-hetero) is 1. The quantitative estimate of drug-likeness (QED) is 0.519. The van der Waals surface area contributed by atoms with Crippen molar-refractivity contribution in [1.29, 1.82) is 0 Å². The van der Waals surface area contributed by atoms with Crippen molar-refractivity contribution in [2.75, 3.05) is 0 Å². The summed E-state index contributed by atoms with van der Waals surface area (Å²) < 4.78 is 0. The molecule has 1 heteroatoms. The Balaban J connectivity index is 2.12. The molecule has 0 aromatic carbocycles. The number of carbonyl (C=O) groups excluding carboxylic acids is 1. The van der Waals surface area contributed by atoms with E-state index < -0.39 is 0 Å². The first-order valence-electron chi connectivity index (χ1n) is 5.45. The topological polar surface area (TPSA) is 17.1 Å². The second-order valence-corrected chi connectivity index (χ2v) is 5.06. The fourth-order valence-corrected chi connectivity index (χ4v) is 3.93. The van der Waals surface area contributed by atoms with E-state index in [1.54, 1.807) is 0 Å². The molecule has 0 saturated heterocycles. The molecule has 0 aromatic heterocycles. The summed E-state index contributed by atoms with van der Waals surface area (Å²) in [6, 6.07) is 0. The number of ketones is 1. The van der Waals surface area contributed by atoms with E-state index in [1.165, 1.54) is 12.8 Å². The van der Waals surface area contributed by atoms with E-state index in [1.807, 2.05) is 0 Å². The Labute approximate surface area is 79.2 Å². The normalized spacial score (nSPS) is 52.7. The third-order valence-electron chi connectivity index (χ3n) is 4.84. The Morgan fingerprint density at radius 2 is 2.23 bits per heavy atom. The third kappa shape index (κ3) is 0.619. The highest BCUT2D eigenvalue weighted by molar-refractivity contribution is 5.91. The van der Waals surface area contributed by atoms with Gasteiger partial charge in [0.25, 0.3) is 0 Å². The van der Waals surface area contributed by atoms with Crippen LogP contribution < -0.4 is 0 Å². The fraction of sp³-hybridized carbons (Fsp3) is 0.750. The summed E-state index contributed by atoms with van der Waals surface area (Å²) in [6.07, 6.45) is 10.1. The molecule has 0 aromatic rings. The average Bonchev–Trinajstić information content (AvgIpc) is 2.29. The molecule has 0 N–H and O–H groups in total. The van der Waals surface area contributed by atoms with Gasteiger partial charge < -0.3 is 0 Å². The van der Waals surface area contributed by atoms with E-state index in [9.17, 15) is 4.79 Å². The van der Waals surface area contributed by atoms with Crippen LogP contribution in [0.3, 0.4) is 0 Å². The maximum absolute atomic E-state index is 11.9. The molecule has 13 heavy (non-hydrogen) atoms. The Morgan fingerprint density at radius 1 is 1.38 bits per heavy atom. The molecule has 0 heterocycles. The molecule has 0 unspecified atom stereocenters. The Hall–Kier alpha value is -0.590. The molecule has 3 aliphatic rings. The summed E-state index contributed by atoms with van der Waals surface area (Å²) in [6.45, 7) is 2.32. The van der Waals surface area contributed by atoms with Crippen molar-refractivity contribution in [1.82, 2.24) is 0 Å². The summed E-state index contributed by atoms with van der Waals surface area (Å²) >= 11 is 0. The van der Waals surface area contributed by atoms with Crippen molar-refractivity contribution in [2.24, 2.45) is 16.7 Å². The molecule has 0 aliphatic heterocycles. The van der Waals surface area contributed by atoms with Crippen molar-refractivity contribution < 1.29 is 4.79 Å². The molecular weight excluding hydrogens is 160 g/mol. The maximum Gasteiger partial charge on any atom is 0.143 e. The van der Waals surface area contributed by atoms with Gasteiger partial charge in [0.15, 0.2) is 0 Å². The van der Waals surface area contributed by atoms with E-state index in [0.29, 0.717) is 11.2 Å². The lowest BCUT2D eigenvalue weighted by Gasteiger charge is -2.53. The molecule has 70 valence electrons. The number of allylic oxidation sites excluding steroid dienone is 2. The van der Waals surface area contributed by atoms with Crippen LogP contribution in [0.1, 0.15) is 39.0 Å². The zero-order valence-electron chi connectivity index (χ0n) is 8.18. The van der Waals surface area contributed by atoms with Crippen molar-refractivity contribution in [3.63, 3.8) is 0 Å². The third-order valence-corrected chi connectivity index (χ3v) is 4.84. The van der Waals surface area contributed by atoms with Crippen LogP contribution in [0.4, 0.5) is 0 Å². The molecule has 0 amide bonds. The van der Waals surface area contributed by atoms with Crippen LogP contribution in [0.2, 0.25) is 0 Å². The minimum absolute atomic E-state index is 0.0185. The van der Waals surface area contributed by atoms with Gasteiger partial charge in [0.1, 0.15) is 5.78 Å². The second-order valence-electron chi connectivity index (χ2n) is 5.06. The standard InChI is InChI=1S/C12H16O/c1-9-4-6-12-8-7-11(9,12)5-2-3-10(12)13/h7-9H,2-6H2,1H3/t9-,11-,12-/m1/s1. The van der Waals surface area contributed by atoms with Crippen molar-refractivity contribution in [3.05, 3.63) is 12.2 Å². The first-order chi connectivity index (χ1) is 6.21. The lowest BCUT2D eigenvalue weighted by molar-refractivity contribution is -0.136.